The highest BCUT2D eigenvalue weighted by atomic mass is 79.9. The topological polar surface area (TPSA) is 67.8 Å². The van der Waals surface area contributed by atoms with E-state index >= 15 is 0 Å². The number of aromatic amines is 1. The van der Waals surface area contributed by atoms with Crippen LogP contribution >= 0.6 is 15.9 Å². The molecule has 94 valence electrons. The maximum absolute atomic E-state index is 11.5. The Bertz CT molecular complexity index is 658. The average molecular weight is 310 g/mol. The third-order valence-corrected chi connectivity index (χ3v) is 3.10. The van der Waals surface area contributed by atoms with Gasteiger partial charge in [-0.2, -0.15) is 5.10 Å². The minimum Gasteiger partial charge on any atom is -0.270 e. The molecule has 1 aromatic carbocycles. The number of hydrogen-bond acceptors (Lipinski definition) is 3. The van der Waals surface area contributed by atoms with E-state index in [1.54, 1.807) is 0 Å². The molecule has 0 spiro atoms. The van der Waals surface area contributed by atoms with Gasteiger partial charge in [-0.25, -0.2) is 9.48 Å². The van der Waals surface area contributed by atoms with Crippen molar-refractivity contribution in [3.63, 3.8) is 0 Å². The standard InChI is InChI=1S/C12H12BrN3O2/c1-8-2-4-9(5-3-8)6-7-16-12(18)14-11(17)10(13)15-16/h2-5H,6-7H2,1H3,(H,14,17,18). The molecule has 18 heavy (non-hydrogen) atoms. The van der Waals surface area contributed by atoms with Crippen molar-refractivity contribution in [3.8, 4) is 0 Å². The highest BCUT2D eigenvalue weighted by Gasteiger charge is 2.03. The molecule has 5 nitrogen and oxygen atoms in total. The quantitative estimate of drug-likeness (QED) is 0.927. The molecule has 1 aromatic heterocycles. The summed E-state index contributed by atoms with van der Waals surface area (Å²) >= 11 is 3.00. The lowest BCUT2D eigenvalue weighted by Crippen LogP contribution is -2.33. The summed E-state index contributed by atoms with van der Waals surface area (Å²) in [5.74, 6) is 0. The highest BCUT2D eigenvalue weighted by Crippen LogP contribution is 2.04. The van der Waals surface area contributed by atoms with E-state index < -0.39 is 11.2 Å². The van der Waals surface area contributed by atoms with E-state index in [-0.39, 0.29) is 4.60 Å². The van der Waals surface area contributed by atoms with E-state index in [0.717, 1.165) is 5.56 Å². The monoisotopic (exact) mass is 309 g/mol. The molecule has 1 N–H and O–H groups in total. The number of nitrogens with zero attached hydrogens (tertiary/aromatic N) is 2. The SMILES string of the molecule is Cc1ccc(CCn2nc(Br)c(=O)[nH]c2=O)cc1. The smallest absolute Gasteiger partial charge is 0.270 e. The summed E-state index contributed by atoms with van der Waals surface area (Å²) in [5.41, 5.74) is 1.32. The van der Waals surface area contributed by atoms with Gasteiger partial charge in [0.2, 0.25) is 0 Å². The third-order valence-electron chi connectivity index (χ3n) is 2.58. The van der Waals surface area contributed by atoms with Gasteiger partial charge in [-0.15, -0.1) is 0 Å². The fraction of sp³-hybridized carbons (Fsp3) is 0.250. The Kier molecular flexibility index (Phi) is 3.76. The number of aryl methyl sites for hydroxylation is 3. The molecule has 6 heteroatoms. The second-order valence-corrected chi connectivity index (χ2v) is 4.76. The van der Waals surface area contributed by atoms with Crippen molar-refractivity contribution >= 4 is 15.9 Å². The van der Waals surface area contributed by atoms with Crippen LogP contribution < -0.4 is 11.2 Å². The van der Waals surface area contributed by atoms with Gasteiger partial charge < -0.3 is 0 Å². The van der Waals surface area contributed by atoms with Crippen molar-refractivity contribution in [2.75, 3.05) is 0 Å². The maximum Gasteiger partial charge on any atom is 0.344 e. The van der Waals surface area contributed by atoms with E-state index in [1.165, 1.54) is 10.2 Å². The Hall–Kier alpha value is -1.69. The fourth-order valence-corrected chi connectivity index (χ4v) is 1.84. The van der Waals surface area contributed by atoms with Gasteiger partial charge in [0.25, 0.3) is 5.56 Å². The first-order valence-electron chi connectivity index (χ1n) is 5.49. The molecule has 0 fully saturated rings. The highest BCUT2D eigenvalue weighted by molar-refractivity contribution is 9.10. The van der Waals surface area contributed by atoms with Crippen LogP contribution in [-0.2, 0) is 13.0 Å². The summed E-state index contributed by atoms with van der Waals surface area (Å²) in [6.07, 6.45) is 0.686. The van der Waals surface area contributed by atoms with E-state index in [9.17, 15) is 9.59 Å². The molecule has 0 amide bonds. The van der Waals surface area contributed by atoms with Gasteiger partial charge in [0.1, 0.15) is 0 Å². The van der Waals surface area contributed by atoms with Crippen LogP contribution in [0, 0.1) is 6.92 Å². The molecule has 2 aromatic rings. The number of aromatic nitrogens is 3. The van der Waals surface area contributed by atoms with Crippen LogP contribution in [0.15, 0.2) is 38.5 Å². The lowest BCUT2D eigenvalue weighted by molar-refractivity contribution is 0.548. The molecule has 0 aliphatic carbocycles. The Labute approximate surface area is 112 Å². The van der Waals surface area contributed by atoms with Crippen LogP contribution in [0.3, 0.4) is 0 Å². The Morgan fingerprint density at radius 3 is 2.61 bits per heavy atom. The predicted molar refractivity (Wildman–Crippen MR) is 71.7 cm³/mol. The molecule has 0 aliphatic heterocycles. The molecule has 1 heterocycles. The minimum absolute atomic E-state index is 0.117. The average Bonchev–Trinajstić information content (AvgIpc) is 2.34. The molecule has 0 saturated heterocycles. The Balaban J connectivity index is 2.15. The van der Waals surface area contributed by atoms with Crippen LogP contribution in [-0.4, -0.2) is 14.8 Å². The first-order valence-corrected chi connectivity index (χ1v) is 6.28. The normalized spacial score (nSPS) is 10.6. The second kappa shape index (κ2) is 5.30. The first kappa shape index (κ1) is 12.8. The molecular weight excluding hydrogens is 298 g/mol. The molecular formula is C12H12BrN3O2. The van der Waals surface area contributed by atoms with E-state index in [2.05, 4.69) is 26.0 Å². The first-order chi connectivity index (χ1) is 8.56. The van der Waals surface area contributed by atoms with Crippen LogP contribution in [0.1, 0.15) is 11.1 Å². The molecule has 0 radical (unpaired) electrons. The number of H-pyrrole nitrogens is 1. The van der Waals surface area contributed by atoms with Crippen molar-refractivity contribution in [1.82, 2.24) is 14.8 Å². The predicted octanol–water partition coefficient (Wildman–Crippen LogP) is 1.25. The lowest BCUT2D eigenvalue weighted by atomic mass is 10.1. The zero-order valence-electron chi connectivity index (χ0n) is 9.81. The van der Waals surface area contributed by atoms with Crippen LogP contribution in [0.5, 0.6) is 0 Å². The van der Waals surface area contributed by atoms with Gasteiger partial charge in [0.05, 0.1) is 6.54 Å². The van der Waals surface area contributed by atoms with Gasteiger partial charge >= 0.3 is 5.69 Å². The van der Waals surface area contributed by atoms with Gasteiger partial charge in [-0.3, -0.25) is 9.78 Å². The van der Waals surface area contributed by atoms with Gasteiger partial charge in [-0.1, -0.05) is 29.8 Å². The second-order valence-electron chi connectivity index (χ2n) is 4.01. The summed E-state index contributed by atoms with van der Waals surface area (Å²) in [5, 5.41) is 3.88. The largest absolute Gasteiger partial charge is 0.344 e. The van der Waals surface area contributed by atoms with E-state index in [0.29, 0.717) is 13.0 Å². The minimum atomic E-state index is -0.508. The Morgan fingerprint density at radius 2 is 1.94 bits per heavy atom. The van der Waals surface area contributed by atoms with Crippen molar-refractivity contribution in [2.45, 2.75) is 19.9 Å². The molecule has 0 aliphatic rings. The number of rotatable bonds is 3. The molecule has 0 saturated carbocycles. The van der Waals surface area contributed by atoms with Crippen molar-refractivity contribution < 1.29 is 0 Å². The zero-order chi connectivity index (χ0) is 13.1. The van der Waals surface area contributed by atoms with Crippen LogP contribution in [0.4, 0.5) is 0 Å². The van der Waals surface area contributed by atoms with Gasteiger partial charge in [-0.05, 0) is 34.8 Å². The zero-order valence-corrected chi connectivity index (χ0v) is 11.4. The molecule has 0 atom stereocenters. The fourth-order valence-electron chi connectivity index (χ4n) is 1.55. The van der Waals surface area contributed by atoms with Crippen LogP contribution in [0.2, 0.25) is 0 Å². The number of benzene rings is 1. The summed E-state index contributed by atoms with van der Waals surface area (Å²) in [6.45, 7) is 2.45. The van der Waals surface area contributed by atoms with Gasteiger partial charge in [0, 0.05) is 0 Å². The summed E-state index contributed by atoms with van der Waals surface area (Å²) in [6, 6.07) is 8.07. The number of hydrogen-bond donors (Lipinski definition) is 1. The van der Waals surface area contributed by atoms with Crippen molar-refractivity contribution in [3.05, 3.63) is 60.8 Å². The van der Waals surface area contributed by atoms with Gasteiger partial charge in [0.15, 0.2) is 4.60 Å². The summed E-state index contributed by atoms with van der Waals surface area (Å²) < 4.78 is 1.36. The summed E-state index contributed by atoms with van der Waals surface area (Å²) in [4.78, 5) is 24.8. The number of nitrogens with one attached hydrogen (secondary N) is 1. The molecule has 0 bridgehead atoms. The van der Waals surface area contributed by atoms with Crippen molar-refractivity contribution in [2.24, 2.45) is 0 Å². The van der Waals surface area contributed by atoms with Crippen molar-refractivity contribution in [1.29, 1.82) is 0 Å². The lowest BCUT2D eigenvalue weighted by Gasteiger charge is -2.04. The number of halogens is 1. The molecule has 2 rings (SSSR count). The third kappa shape index (κ3) is 2.95. The van der Waals surface area contributed by atoms with E-state index in [4.69, 9.17) is 0 Å². The van der Waals surface area contributed by atoms with E-state index in [1.807, 2.05) is 31.2 Å². The summed E-state index contributed by atoms with van der Waals surface area (Å²) in [7, 11) is 0. The Morgan fingerprint density at radius 1 is 1.28 bits per heavy atom. The molecule has 0 unspecified atom stereocenters. The van der Waals surface area contributed by atoms with Crippen LogP contribution in [0.25, 0.3) is 0 Å². The maximum atomic E-state index is 11.5.